The molecular weight excluding hydrogens is 300 g/mol. The number of carbonyl (C=O) groups excluding carboxylic acids is 2. The molecule has 2 heterocycles. The Morgan fingerprint density at radius 3 is 2.77 bits per heavy atom. The van der Waals surface area contributed by atoms with Gasteiger partial charge in [-0.2, -0.15) is 5.26 Å². The van der Waals surface area contributed by atoms with Gasteiger partial charge in [0.2, 0.25) is 0 Å². The van der Waals surface area contributed by atoms with E-state index in [4.69, 9.17) is 9.68 Å². The summed E-state index contributed by atoms with van der Waals surface area (Å²) in [5, 5.41) is 8.73. The van der Waals surface area contributed by atoms with Crippen molar-refractivity contribution < 1.29 is 14.0 Å². The third-order valence-corrected chi connectivity index (χ3v) is 4.06. The van der Waals surface area contributed by atoms with Gasteiger partial charge in [0.1, 0.15) is 5.76 Å². The minimum atomic E-state index is -0.376. The molecule has 5 nitrogen and oxygen atoms in total. The number of rotatable bonds is 3. The van der Waals surface area contributed by atoms with Crippen LogP contribution in [0.3, 0.4) is 0 Å². The molecule has 0 spiro atoms. The van der Waals surface area contributed by atoms with Crippen LogP contribution in [-0.4, -0.2) is 16.0 Å². The van der Waals surface area contributed by atoms with Crippen LogP contribution in [0.15, 0.2) is 52.0 Å². The van der Waals surface area contributed by atoms with Gasteiger partial charge in [-0.25, -0.2) is 0 Å². The van der Waals surface area contributed by atoms with Gasteiger partial charge in [-0.1, -0.05) is 18.2 Å². The Balaban J connectivity index is 1.85. The van der Waals surface area contributed by atoms with Crippen molar-refractivity contribution in [1.82, 2.24) is 4.90 Å². The quantitative estimate of drug-likeness (QED) is 0.812. The predicted octanol–water partition coefficient (Wildman–Crippen LogP) is 3.39. The smallest absolute Gasteiger partial charge is 0.293 e. The van der Waals surface area contributed by atoms with E-state index in [0.29, 0.717) is 21.8 Å². The molecule has 1 aromatic heterocycles. The molecule has 1 fully saturated rings. The van der Waals surface area contributed by atoms with Gasteiger partial charge in [0.15, 0.2) is 0 Å². The van der Waals surface area contributed by atoms with Crippen molar-refractivity contribution in [2.75, 3.05) is 0 Å². The normalized spacial score (nSPS) is 16.3. The van der Waals surface area contributed by atoms with Crippen LogP contribution in [0.4, 0.5) is 4.79 Å². The first-order chi connectivity index (χ1) is 10.7. The highest BCUT2D eigenvalue weighted by Gasteiger charge is 2.35. The highest BCUT2D eigenvalue weighted by molar-refractivity contribution is 8.18. The van der Waals surface area contributed by atoms with Crippen molar-refractivity contribution in [3.8, 4) is 6.07 Å². The van der Waals surface area contributed by atoms with Gasteiger partial charge in [0, 0.05) is 6.08 Å². The van der Waals surface area contributed by atoms with E-state index >= 15 is 0 Å². The van der Waals surface area contributed by atoms with Gasteiger partial charge in [-0.3, -0.25) is 14.5 Å². The van der Waals surface area contributed by atoms with Crippen molar-refractivity contribution in [3.63, 3.8) is 0 Å². The lowest BCUT2D eigenvalue weighted by Gasteiger charge is -2.13. The minimum Gasteiger partial charge on any atom is -0.465 e. The standard InChI is InChI=1S/C16H10N2O3S/c17-9-11-4-1-2-5-12(11)10-18-15(19)14(22-16(18)20)8-13-6-3-7-21-13/h1-8H,10H2. The first kappa shape index (κ1) is 14.2. The van der Waals surface area contributed by atoms with Gasteiger partial charge in [0.25, 0.3) is 11.1 Å². The largest absolute Gasteiger partial charge is 0.465 e. The third kappa shape index (κ3) is 2.67. The van der Waals surface area contributed by atoms with E-state index < -0.39 is 0 Å². The van der Waals surface area contributed by atoms with Crippen molar-refractivity contribution in [2.45, 2.75) is 6.54 Å². The summed E-state index contributed by atoms with van der Waals surface area (Å²) in [5.74, 6) is 0.141. The van der Waals surface area contributed by atoms with Gasteiger partial charge in [-0.15, -0.1) is 0 Å². The van der Waals surface area contributed by atoms with Gasteiger partial charge in [0.05, 0.1) is 29.3 Å². The van der Waals surface area contributed by atoms with Crippen LogP contribution < -0.4 is 0 Å². The zero-order valence-electron chi connectivity index (χ0n) is 11.4. The highest BCUT2D eigenvalue weighted by atomic mass is 32.2. The molecule has 0 saturated carbocycles. The molecular formula is C16H10N2O3S. The summed E-state index contributed by atoms with van der Waals surface area (Å²) in [6.45, 7) is 0.0872. The van der Waals surface area contributed by atoms with Gasteiger partial charge >= 0.3 is 0 Å². The second-order valence-corrected chi connectivity index (χ2v) is 5.55. The second kappa shape index (κ2) is 5.92. The summed E-state index contributed by atoms with van der Waals surface area (Å²) < 4.78 is 5.15. The average Bonchev–Trinajstić information content (AvgIpc) is 3.12. The number of nitriles is 1. The molecule has 0 N–H and O–H groups in total. The number of nitrogens with zero attached hydrogens (tertiary/aromatic N) is 2. The van der Waals surface area contributed by atoms with E-state index in [-0.39, 0.29) is 17.7 Å². The molecule has 2 aromatic rings. The fourth-order valence-electron chi connectivity index (χ4n) is 2.08. The van der Waals surface area contributed by atoms with E-state index in [1.807, 2.05) is 0 Å². The first-order valence-electron chi connectivity index (χ1n) is 6.46. The number of furan rings is 1. The molecule has 6 heteroatoms. The Bertz CT molecular complexity index is 803. The van der Waals surface area contributed by atoms with Crippen LogP contribution in [0.1, 0.15) is 16.9 Å². The topological polar surface area (TPSA) is 74.3 Å². The molecule has 108 valence electrons. The third-order valence-electron chi connectivity index (χ3n) is 3.16. The lowest BCUT2D eigenvalue weighted by Crippen LogP contribution is -2.27. The maximum absolute atomic E-state index is 12.3. The zero-order chi connectivity index (χ0) is 15.5. The van der Waals surface area contributed by atoms with Crippen LogP contribution in [0, 0.1) is 11.3 Å². The Morgan fingerprint density at radius 2 is 2.05 bits per heavy atom. The molecule has 0 aliphatic carbocycles. The van der Waals surface area contributed by atoms with Crippen molar-refractivity contribution in [3.05, 3.63) is 64.5 Å². The molecule has 0 atom stereocenters. The Kier molecular flexibility index (Phi) is 3.81. The average molecular weight is 310 g/mol. The molecule has 22 heavy (non-hydrogen) atoms. The maximum atomic E-state index is 12.3. The molecule has 1 aliphatic rings. The molecule has 1 aromatic carbocycles. The fraction of sp³-hybridized carbons (Fsp3) is 0.0625. The van der Waals surface area contributed by atoms with E-state index in [9.17, 15) is 9.59 Å². The summed E-state index contributed by atoms with van der Waals surface area (Å²) in [4.78, 5) is 25.8. The lowest BCUT2D eigenvalue weighted by molar-refractivity contribution is -0.123. The zero-order valence-corrected chi connectivity index (χ0v) is 12.2. The number of hydrogen-bond donors (Lipinski definition) is 0. The number of imide groups is 1. The Morgan fingerprint density at radius 1 is 1.23 bits per heavy atom. The second-order valence-electron chi connectivity index (χ2n) is 4.55. The minimum absolute atomic E-state index is 0.0872. The van der Waals surface area contributed by atoms with Crippen LogP contribution in [-0.2, 0) is 11.3 Å². The summed E-state index contributed by atoms with van der Waals surface area (Å²) in [6.07, 6.45) is 3.04. The summed E-state index contributed by atoms with van der Waals surface area (Å²) >= 11 is 0.868. The number of hydrogen-bond acceptors (Lipinski definition) is 5. The highest BCUT2D eigenvalue weighted by Crippen LogP contribution is 2.33. The Labute approximate surface area is 130 Å². The molecule has 0 bridgehead atoms. The summed E-state index contributed by atoms with van der Waals surface area (Å²) in [6, 6.07) is 12.4. The SMILES string of the molecule is N#Cc1ccccc1CN1C(=O)SC(=Cc2ccco2)C1=O. The lowest BCUT2D eigenvalue weighted by atomic mass is 10.1. The number of amides is 2. The summed E-state index contributed by atoms with van der Waals surface area (Å²) in [7, 11) is 0. The van der Waals surface area contributed by atoms with Gasteiger partial charge < -0.3 is 4.42 Å². The van der Waals surface area contributed by atoms with E-state index in [2.05, 4.69) is 6.07 Å². The van der Waals surface area contributed by atoms with E-state index in [1.54, 1.807) is 42.5 Å². The number of thioether (sulfide) groups is 1. The molecule has 1 saturated heterocycles. The van der Waals surface area contributed by atoms with Crippen LogP contribution in [0.5, 0.6) is 0 Å². The maximum Gasteiger partial charge on any atom is 0.293 e. The van der Waals surface area contributed by atoms with Crippen LogP contribution in [0.2, 0.25) is 0 Å². The molecule has 0 radical (unpaired) electrons. The van der Waals surface area contributed by atoms with E-state index in [1.165, 1.54) is 6.26 Å². The van der Waals surface area contributed by atoms with Crippen molar-refractivity contribution in [1.29, 1.82) is 5.26 Å². The summed E-state index contributed by atoms with van der Waals surface area (Å²) in [5.41, 5.74) is 1.10. The van der Waals surface area contributed by atoms with Crippen LogP contribution in [0.25, 0.3) is 6.08 Å². The van der Waals surface area contributed by atoms with Crippen LogP contribution >= 0.6 is 11.8 Å². The van der Waals surface area contributed by atoms with E-state index in [0.717, 1.165) is 16.7 Å². The Hall–Kier alpha value is -2.78. The molecule has 1 aliphatic heterocycles. The monoisotopic (exact) mass is 310 g/mol. The number of carbonyl (C=O) groups is 2. The number of benzene rings is 1. The first-order valence-corrected chi connectivity index (χ1v) is 7.27. The fourth-order valence-corrected chi connectivity index (χ4v) is 2.89. The molecule has 3 rings (SSSR count). The van der Waals surface area contributed by atoms with Crippen molar-refractivity contribution in [2.24, 2.45) is 0 Å². The molecule has 2 amide bonds. The van der Waals surface area contributed by atoms with Gasteiger partial charge in [-0.05, 0) is 35.5 Å². The predicted molar refractivity (Wildman–Crippen MR) is 81.4 cm³/mol. The molecule has 0 unspecified atom stereocenters. The van der Waals surface area contributed by atoms with Crippen molar-refractivity contribution >= 4 is 29.0 Å².